The Kier molecular flexibility index (Phi) is 6.01. The zero-order valence-electron chi connectivity index (χ0n) is 12.8. The van der Waals surface area contributed by atoms with Crippen LogP contribution in [0, 0.1) is 17.6 Å². The number of benzene rings is 1. The van der Waals surface area contributed by atoms with Crippen LogP contribution in [-0.4, -0.2) is 38.2 Å². The molecular weight excluding hydrogens is 310 g/mol. The van der Waals surface area contributed by atoms with E-state index in [4.69, 9.17) is 4.74 Å². The molecule has 1 aliphatic carbocycles. The molecule has 1 saturated carbocycles. The lowest BCUT2D eigenvalue weighted by atomic mass is 9.97. The number of methoxy groups -OCH3 is 1. The molecule has 1 heterocycles. The Labute approximate surface area is 136 Å². The number of nitrogens with zero attached hydrogens (tertiary/aromatic N) is 1. The summed E-state index contributed by atoms with van der Waals surface area (Å²) in [6.45, 7) is 3.42. The molecule has 1 atom stereocenters. The van der Waals surface area contributed by atoms with Crippen LogP contribution in [0.3, 0.4) is 0 Å². The van der Waals surface area contributed by atoms with Crippen LogP contribution in [0.5, 0.6) is 5.75 Å². The molecule has 0 unspecified atom stereocenters. The van der Waals surface area contributed by atoms with Gasteiger partial charge in [-0.2, -0.15) is 0 Å². The fraction of sp³-hybridized carbons (Fsp3) is 0.625. The van der Waals surface area contributed by atoms with E-state index < -0.39 is 11.6 Å². The van der Waals surface area contributed by atoms with Gasteiger partial charge >= 0.3 is 0 Å². The highest BCUT2D eigenvalue weighted by molar-refractivity contribution is 5.85. The van der Waals surface area contributed by atoms with E-state index in [1.54, 1.807) is 0 Å². The summed E-state index contributed by atoms with van der Waals surface area (Å²) < 4.78 is 33.8. The third-order valence-corrected chi connectivity index (χ3v) is 4.47. The zero-order chi connectivity index (χ0) is 14.8. The van der Waals surface area contributed by atoms with E-state index in [0.717, 1.165) is 32.6 Å². The molecule has 22 heavy (non-hydrogen) atoms. The van der Waals surface area contributed by atoms with Gasteiger partial charge in [0.25, 0.3) is 0 Å². The van der Waals surface area contributed by atoms with Crippen LogP contribution < -0.4 is 10.1 Å². The number of ether oxygens (including phenoxy) is 1. The van der Waals surface area contributed by atoms with Crippen LogP contribution in [0.1, 0.15) is 30.9 Å². The molecule has 3 rings (SSSR count). The van der Waals surface area contributed by atoms with Gasteiger partial charge in [0, 0.05) is 49.9 Å². The van der Waals surface area contributed by atoms with Crippen molar-refractivity contribution in [3.8, 4) is 5.75 Å². The van der Waals surface area contributed by atoms with E-state index in [1.807, 2.05) is 0 Å². The molecule has 2 aliphatic rings. The highest BCUT2D eigenvalue weighted by Crippen LogP contribution is 2.42. The maximum atomic E-state index is 14.4. The molecule has 1 saturated heterocycles. The molecule has 1 aromatic carbocycles. The molecule has 0 spiro atoms. The van der Waals surface area contributed by atoms with Crippen LogP contribution >= 0.6 is 12.4 Å². The van der Waals surface area contributed by atoms with Gasteiger partial charge in [0.05, 0.1) is 7.11 Å². The number of piperazine rings is 1. The fourth-order valence-corrected chi connectivity index (χ4v) is 3.11. The van der Waals surface area contributed by atoms with E-state index in [9.17, 15) is 8.78 Å². The van der Waals surface area contributed by atoms with E-state index >= 15 is 0 Å². The van der Waals surface area contributed by atoms with Gasteiger partial charge in [-0.3, -0.25) is 4.90 Å². The van der Waals surface area contributed by atoms with E-state index in [1.165, 1.54) is 32.1 Å². The van der Waals surface area contributed by atoms with Crippen LogP contribution in [0.4, 0.5) is 8.78 Å². The monoisotopic (exact) mass is 332 g/mol. The van der Waals surface area contributed by atoms with Crippen LogP contribution in [-0.2, 0) is 0 Å². The third kappa shape index (κ3) is 3.89. The third-order valence-electron chi connectivity index (χ3n) is 4.47. The van der Waals surface area contributed by atoms with Gasteiger partial charge < -0.3 is 10.1 Å². The summed E-state index contributed by atoms with van der Waals surface area (Å²) in [5.41, 5.74) is 0.213. The van der Waals surface area contributed by atoms with Crippen molar-refractivity contribution in [1.82, 2.24) is 10.2 Å². The molecule has 2 fully saturated rings. The van der Waals surface area contributed by atoms with Crippen molar-refractivity contribution in [3.05, 3.63) is 29.3 Å². The van der Waals surface area contributed by atoms with Gasteiger partial charge in [0.1, 0.15) is 17.4 Å². The van der Waals surface area contributed by atoms with Crippen molar-refractivity contribution in [2.75, 3.05) is 33.3 Å². The molecule has 6 heteroatoms. The molecular formula is C16H23ClF2N2O. The fourth-order valence-electron chi connectivity index (χ4n) is 3.11. The lowest BCUT2D eigenvalue weighted by Crippen LogP contribution is -2.45. The second kappa shape index (κ2) is 7.57. The first-order chi connectivity index (χ1) is 10.2. The Morgan fingerprint density at radius 2 is 1.82 bits per heavy atom. The molecule has 1 aliphatic heterocycles. The van der Waals surface area contributed by atoms with Gasteiger partial charge in [0.15, 0.2) is 0 Å². The van der Waals surface area contributed by atoms with Gasteiger partial charge in [-0.05, 0) is 12.3 Å². The molecule has 124 valence electrons. The number of hydrogen-bond donors (Lipinski definition) is 1. The molecule has 0 bridgehead atoms. The Morgan fingerprint density at radius 1 is 1.23 bits per heavy atom. The van der Waals surface area contributed by atoms with E-state index in [2.05, 4.69) is 10.2 Å². The average molecular weight is 333 g/mol. The number of halogens is 3. The van der Waals surface area contributed by atoms with Crippen molar-refractivity contribution in [1.29, 1.82) is 0 Å². The quantitative estimate of drug-likeness (QED) is 0.896. The molecule has 0 aromatic heterocycles. The summed E-state index contributed by atoms with van der Waals surface area (Å²) in [4.78, 5) is 2.21. The second-order valence-corrected chi connectivity index (χ2v) is 5.99. The second-order valence-electron chi connectivity index (χ2n) is 5.99. The normalized spacial score (nSPS) is 20.3. The average Bonchev–Trinajstić information content (AvgIpc) is 3.30. The molecule has 0 radical (unpaired) electrons. The summed E-state index contributed by atoms with van der Waals surface area (Å²) in [7, 11) is 1.42. The molecule has 0 amide bonds. The first-order valence-electron chi connectivity index (χ1n) is 7.66. The Hall–Kier alpha value is -0.910. The maximum Gasteiger partial charge on any atom is 0.134 e. The van der Waals surface area contributed by atoms with E-state index in [0.29, 0.717) is 5.92 Å². The smallest absolute Gasteiger partial charge is 0.134 e. The van der Waals surface area contributed by atoms with Crippen LogP contribution in [0.2, 0.25) is 0 Å². The minimum absolute atomic E-state index is 0. The van der Waals surface area contributed by atoms with Gasteiger partial charge in [-0.25, -0.2) is 8.78 Å². The summed E-state index contributed by atoms with van der Waals surface area (Å²) >= 11 is 0. The number of rotatable bonds is 5. The Balaban J connectivity index is 0.00000176. The summed E-state index contributed by atoms with van der Waals surface area (Å²) in [6.07, 6.45) is 3.21. The minimum Gasteiger partial charge on any atom is -0.497 e. The van der Waals surface area contributed by atoms with Crippen molar-refractivity contribution in [2.45, 2.75) is 25.3 Å². The first-order valence-corrected chi connectivity index (χ1v) is 7.66. The topological polar surface area (TPSA) is 24.5 Å². The van der Waals surface area contributed by atoms with Crippen LogP contribution in [0.25, 0.3) is 0 Å². The highest BCUT2D eigenvalue weighted by atomic mass is 35.5. The largest absolute Gasteiger partial charge is 0.497 e. The van der Waals surface area contributed by atoms with Crippen molar-refractivity contribution in [2.24, 2.45) is 5.92 Å². The summed E-state index contributed by atoms with van der Waals surface area (Å²) in [5, 5.41) is 3.29. The Bertz CT molecular complexity index is 482. The highest BCUT2D eigenvalue weighted by Gasteiger charge is 2.33. The van der Waals surface area contributed by atoms with Gasteiger partial charge in [0.2, 0.25) is 0 Å². The van der Waals surface area contributed by atoms with Crippen LogP contribution in [0.15, 0.2) is 12.1 Å². The lowest BCUT2D eigenvalue weighted by molar-refractivity contribution is 0.154. The van der Waals surface area contributed by atoms with Gasteiger partial charge in [-0.1, -0.05) is 12.8 Å². The SMILES string of the molecule is COc1cc(F)c([C@H](CC2CC2)N2CCNCC2)c(F)c1.Cl. The van der Waals surface area contributed by atoms with Crippen molar-refractivity contribution < 1.29 is 13.5 Å². The van der Waals surface area contributed by atoms with Crippen molar-refractivity contribution >= 4 is 12.4 Å². The summed E-state index contributed by atoms with van der Waals surface area (Å²) in [6, 6.07) is 2.42. The molecule has 3 nitrogen and oxygen atoms in total. The maximum absolute atomic E-state index is 14.4. The number of nitrogens with one attached hydrogen (secondary N) is 1. The Morgan fingerprint density at radius 3 is 2.32 bits per heavy atom. The first kappa shape index (κ1) is 17.4. The molecule has 1 N–H and O–H groups in total. The van der Waals surface area contributed by atoms with Gasteiger partial charge in [-0.15, -0.1) is 12.4 Å². The zero-order valence-corrected chi connectivity index (χ0v) is 13.6. The predicted molar refractivity (Wildman–Crippen MR) is 84.7 cm³/mol. The summed E-state index contributed by atoms with van der Waals surface area (Å²) in [5.74, 6) is -0.128. The van der Waals surface area contributed by atoms with Crippen molar-refractivity contribution in [3.63, 3.8) is 0 Å². The minimum atomic E-state index is -0.490. The lowest BCUT2D eigenvalue weighted by Gasteiger charge is -2.35. The molecule has 1 aromatic rings. The van der Waals surface area contributed by atoms with E-state index in [-0.39, 0.29) is 29.8 Å². The predicted octanol–water partition coefficient (Wildman–Crippen LogP) is 3.14. The standard InChI is InChI=1S/C16H22F2N2O.ClH/c1-21-12-9-13(17)16(14(18)10-12)15(8-11-2-3-11)20-6-4-19-5-7-20;/h9-11,15,19H,2-8H2,1H3;1H/t15-;/m0./s1. The number of hydrogen-bond acceptors (Lipinski definition) is 3.